The molecule has 0 spiro atoms. The van der Waals surface area contributed by atoms with Crippen LogP contribution in [0.25, 0.3) is 0 Å². The normalized spacial score (nSPS) is 8.09. The van der Waals surface area contributed by atoms with Crippen molar-refractivity contribution in [3.63, 3.8) is 0 Å². The van der Waals surface area contributed by atoms with Crippen molar-refractivity contribution in [2.24, 2.45) is 0 Å². The van der Waals surface area contributed by atoms with Crippen molar-refractivity contribution in [3.05, 3.63) is 53.9 Å². The van der Waals surface area contributed by atoms with Gasteiger partial charge in [-0.15, -0.1) is 30.2 Å². The molecule has 0 aromatic heterocycles. The topological polar surface area (TPSA) is 0 Å². The first-order valence-electron chi connectivity index (χ1n) is 3.04. The molecule has 1 aromatic rings. The van der Waals surface area contributed by atoms with E-state index in [0.717, 1.165) is 10.6 Å². The van der Waals surface area contributed by atoms with Crippen molar-refractivity contribution in [2.75, 3.05) is 0 Å². The Kier molecular flexibility index (Phi) is 5.24. The first-order valence-corrected chi connectivity index (χ1v) is 3.42. The molecule has 0 nitrogen and oxygen atoms in total. The van der Waals surface area contributed by atoms with Crippen molar-refractivity contribution in [2.45, 2.75) is 0 Å². The van der Waals surface area contributed by atoms with Gasteiger partial charge in [-0.2, -0.15) is 12.7 Å². The summed E-state index contributed by atoms with van der Waals surface area (Å²) in [7, 11) is 0. The van der Waals surface area contributed by atoms with E-state index < -0.39 is 0 Å². The van der Waals surface area contributed by atoms with Crippen molar-refractivity contribution in [3.8, 4) is 0 Å². The van der Waals surface area contributed by atoms with Gasteiger partial charge in [0, 0.05) is 0 Å². The Bertz CT molecular complexity index is 233. The average molecular weight is 159 g/mol. The van der Waals surface area contributed by atoms with Gasteiger partial charge >= 0.3 is 18.9 Å². The zero-order valence-corrected chi connectivity index (χ0v) is 7.31. The fourth-order valence-corrected chi connectivity index (χ4v) is 0.945. The smallest absolute Gasteiger partial charge is 0.169 e. The summed E-state index contributed by atoms with van der Waals surface area (Å²) in [5, 5.41) is 0.760. The predicted molar refractivity (Wildman–Crippen MR) is 45.1 cm³/mol. The molecule has 0 saturated heterocycles. The molecule has 0 fully saturated rings. The van der Waals surface area contributed by atoms with Crippen LogP contribution in [0.1, 0.15) is 5.56 Å². The number of halogens is 1. The van der Waals surface area contributed by atoms with Gasteiger partial charge in [0.25, 0.3) is 0 Å². The molecule has 0 bridgehead atoms. The van der Waals surface area contributed by atoms with E-state index in [4.69, 9.17) is 11.6 Å². The molecular weight excluding hydrogens is 150 g/mol. The van der Waals surface area contributed by atoms with Gasteiger partial charge in [0.15, 0.2) is 0 Å². The minimum Gasteiger partial charge on any atom is -0.169 e. The van der Waals surface area contributed by atoms with E-state index in [0.29, 0.717) is 0 Å². The van der Waals surface area contributed by atoms with Crippen LogP contribution in [-0.4, -0.2) is 0 Å². The minimum atomic E-state index is 0. The van der Waals surface area contributed by atoms with Crippen molar-refractivity contribution < 1.29 is 18.9 Å². The number of rotatable bonds is 2. The van der Waals surface area contributed by atoms with Crippen molar-refractivity contribution in [1.29, 1.82) is 0 Å². The second-order valence-electron chi connectivity index (χ2n) is 1.96. The summed E-state index contributed by atoms with van der Waals surface area (Å²) in [6.45, 7) is 3.59. The first-order chi connectivity index (χ1) is 4.83. The Labute approximate surface area is 84.4 Å². The summed E-state index contributed by atoms with van der Waals surface area (Å²) in [6, 6.07) is 7.64. The van der Waals surface area contributed by atoms with Crippen molar-refractivity contribution in [1.82, 2.24) is 0 Å². The number of hydrogen-bond acceptors (Lipinski definition) is 0. The third-order valence-electron chi connectivity index (χ3n) is 1.16. The largest absolute Gasteiger partial charge is 1.00 e. The quantitative estimate of drug-likeness (QED) is 0.423. The molecule has 0 heterocycles. The second kappa shape index (κ2) is 5.38. The standard InChI is InChI=1S/C9H8Cl.Li/c1-2-4-8-5-3-6-9(10)7-8;/h2-7H,1H2;/q-1;+1. The third kappa shape index (κ3) is 3.58. The molecule has 11 heavy (non-hydrogen) atoms. The molecule has 0 N–H and O–H groups in total. The Hall–Kier alpha value is -0.283. The van der Waals surface area contributed by atoms with E-state index in [2.05, 4.69) is 6.58 Å². The van der Waals surface area contributed by atoms with Crippen LogP contribution in [-0.2, 0) is 0 Å². The fourth-order valence-electron chi connectivity index (χ4n) is 0.746. The van der Waals surface area contributed by atoms with Crippen LogP contribution in [0.2, 0.25) is 5.02 Å². The van der Waals surface area contributed by atoms with Crippen molar-refractivity contribution >= 4 is 11.6 Å². The number of hydrogen-bond donors (Lipinski definition) is 0. The molecule has 0 atom stereocenters. The zero-order valence-electron chi connectivity index (χ0n) is 6.55. The Morgan fingerprint density at radius 3 is 2.73 bits per heavy atom. The SMILES string of the molecule is C=C[CH-]c1cccc(Cl)c1.[Li+]. The minimum absolute atomic E-state index is 0. The number of benzene rings is 1. The third-order valence-corrected chi connectivity index (χ3v) is 1.39. The van der Waals surface area contributed by atoms with Crippen LogP contribution in [0.15, 0.2) is 36.9 Å². The molecule has 0 aliphatic rings. The van der Waals surface area contributed by atoms with Crippen LogP contribution < -0.4 is 18.9 Å². The predicted octanol–water partition coefficient (Wildman–Crippen LogP) is 0.0824. The van der Waals surface area contributed by atoms with E-state index in [-0.39, 0.29) is 18.9 Å². The van der Waals surface area contributed by atoms with Gasteiger partial charge in [-0.25, -0.2) is 0 Å². The summed E-state index contributed by atoms with van der Waals surface area (Å²) in [4.78, 5) is 0. The maximum Gasteiger partial charge on any atom is 1.00 e. The molecule has 0 amide bonds. The summed E-state index contributed by atoms with van der Waals surface area (Å²) >= 11 is 5.73. The maximum atomic E-state index is 5.73. The van der Waals surface area contributed by atoms with E-state index >= 15 is 0 Å². The molecular formula is C9H8ClLi. The summed E-state index contributed by atoms with van der Waals surface area (Å²) < 4.78 is 0. The molecule has 0 saturated carbocycles. The van der Waals surface area contributed by atoms with E-state index in [1.54, 1.807) is 6.08 Å². The van der Waals surface area contributed by atoms with Gasteiger partial charge in [0.05, 0.1) is 0 Å². The molecule has 0 radical (unpaired) electrons. The van der Waals surface area contributed by atoms with Crippen LogP contribution in [0.4, 0.5) is 0 Å². The molecule has 1 aromatic carbocycles. The van der Waals surface area contributed by atoms with Gasteiger partial charge in [-0.1, -0.05) is 17.7 Å². The number of allylic oxidation sites excluding steroid dienone is 1. The van der Waals surface area contributed by atoms with Crippen LogP contribution in [0, 0.1) is 6.42 Å². The Morgan fingerprint density at radius 1 is 1.45 bits per heavy atom. The maximum absolute atomic E-state index is 5.73. The van der Waals surface area contributed by atoms with E-state index in [9.17, 15) is 0 Å². The average Bonchev–Trinajstić information content (AvgIpc) is 1.88. The van der Waals surface area contributed by atoms with Gasteiger partial charge < -0.3 is 0 Å². The monoisotopic (exact) mass is 158 g/mol. The summed E-state index contributed by atoms with van der Waals surface area (Å²) in [6.07, 6.45) is 3.65. The molecule has 2 heteroatoms. The van der Waals surface area contributed by atoms with Gasteiger partial charge in [-0.05, 0) is 5.02 Å². The van der Waals surface area contributed by atoms with Crippen LogP contribution >= 0.6 is 11.6 Å². The van der Waals surface area contributed by atoms with Crippen LogP contribution in [0.3, 0.4) is 0 Å². The zero-order chi connectivity index (χ0) is 7.40. The molecule has 0 aliphatic carbocycles. The molecule has 0 aliphatic heterocycles. The first kappa shape index (κ1) is 10.7. The Balaban J connectivity index is 0.000001000. The van der Waals surface area contributed by atoms with Crippen LogP contribution in [0.5, 0.6) is 0 Å². The second-order valence-corrected chi connectivity index (χ2v) is 2.39. The summed E-state index contributed by atoms with van der Waals surface area (Å²) in [5.41, 5.74) is 1.09. The molecule has 52 valence electrons. The Morgan fingerprint density at radius 2 is 2.18 bits per heavy atom. The van der Waals surface area contributed by atoms with Gasteiger partial charge in [0.1, 0.15) is 0 Å². The molecule has 1 rings (SSSR count). The summed E-state index contributed by atoms with van der Waals surface area (Å²) in [5.74, 6) is 0. The van der Waals surface area contributed by atoms with E-state index in [1.807, 2.05) is 30.7 Å². The molecule has 0 unspecified atom stereocenters. The van der Waals surface area contributed by atoms with E-state index in [1.165, 1.54) is 0 Å². The fraction of sp³-hybridized carbons (Fsp3) is 0. The van der Waals surface area contributed by atoms with Gasteiger partial charge in [0.2, 0.25) is 0 Å². The van der Waals surface area contributed by atoms with Gasteiger partial charge in [-0.3, -0.25) is 0 Å².